The lowest BCUT2D eigenvalue weighted by molar-refractivity contribution is 0.334. The third-order valence-electron chi connectivity index (χ3n) is 4.16. The lowest BCUT2D eigenvalue weighted by Gasteiger charge is -2.24. The number of aromatic nitrogens is 3. The molecule has 1 heterocycles. The van der Waals surface area contributed by atoms with Gasteiger partial charge in [-0.15, -0.1) is 0 Å². The van der Waals surface area contributed by atoms with Gasteiger partial charge in [-0.05, 0) is 52.0 Å². The minimum atomic E-state index is 0.400. The first kappa shape index (κ1) is 13.5. The summed E-state index contributed by atoms with van der Waals surface area (Å²) in [4.78, 5) is 4.45. The number of nitrogens with zero attached hydrogens (tertiary/aromatic N) is 3. The van der Waals surface area contributed by atoms with E-state index in [4.69, 9.17) is 0 Å². The summed E-state index contributed by atoms with van der Waals surface area (Å²) in [7, 11) is 0. The summed E-state index contributed by atoms with van der Waals surface area (Å²) in [5.41, 5.74) is 0.425. The number of nitrogens with one attached hydrogen (secondary N) is 1. The summed E-state index contributed by atoms with van der Waals surface area (Å²) in [6.07, 6.45) is 6.58. The van der Waals surface area contributed by atoms with Crippen LogP contribution in [0.25, 0.3) is 0 Å². The molecular formula is C14H26N4. The van der Waals surface area contributed by atoms with Crippen LogP contribution >= 0.6 is 0 Å². The van der Waals surface area contributed by atoms with Gasteiger partial charge < -0.3 is 5.32 Å². The summed E-state index contributed by atoms with van der Waals surface area (Å²) in [5, 5.41) is 7.97. The van der Waals surface area contributed by atoms with Gasteiger partial charge in [0.15, 0.2) is 0 Å². The third kappa shape index (κ3) is 2.74. The molecule has 1 aromatic rings. The van der Waals surface area contributed by atoms with E-state index in [1.165, 1.54) is 19.3 Å². The molecule has 18 heavy (non-hydrogen) atoms. The maximum absolute atomic E-state index is 4.45. The highest BCUT2D eigenvalue weighted by atomic mass is 15.3. The highest BCUT2D eigenvalue weighted by molar-refractivity contribution is 5.07. The van der Waals surface area contributed by atoms with Gasteiger partial charge in [-0.25, -0.2) is 9.67 Å². The lowest BCUT2D eigenvalue weighted by atomic mass is 9.93. The molecule has 1 fully saturated rings. The molecule has 0 amide bonds. The highest BCUT2D eigenvalue weighted by Crippen LogP contribution is 2.51. The molecule has 1 atom stereocenters. The smallest absolute Gasteiger partial charge is 0.138 e. The second-order valence-corrected chi connectivity index (χ2v) is 5.93. The van der Waals surface area contributed by atoms with Crippen LogP contribution in [0, 0.1) is 5.41 Å². The zero-order valence-electron chi connectivity index (χ0n) is 12.1. The molecule has 0 aliphatic heterocycles. The van der Waals surface area contributed by atoms with Gasteiger partial charge in [0, 0.05) is 18.5 Å². The first-order valence-corrected chi connectivity index (χ1v) is 7.21. The normalized spacial score (nSPS) is 19.2. The second-order valence-electron chi connectivity index (χ2n) is 5.93. The van der Waals surface area contributed by atoms with Crippen molar-refractivity contribution in [2.45, 2.75) is 65.5 Å². The quantitative estimate of drug-likeness (QED) is 0.809. The topological polar surface area (TPSA) is 42.7 Å². The van der Waals surface area contributed by atoms with Crippen molar-refractivity contribution in [3.8, 4) is 0 Å². The number of rotatable bonds is 7. The van der Waals surface area contributed by atoms with Crippen LogP contribution in [0.15, 0.2) is 6.33 Å². The molecule has 0 bridgehead atoms. The summed E-state index contributed by atoms with van der Waals surface area (Å²) in [6.45, 7) is 9.97. The van der Waals surface area contributed by atoms with Crippen LogP contribution in [-0.2, 0) is 6.42 Å². The van der Waals surface area contributed by atoms with Crippen molar-refractivity contribution >= 4 is 0 Å². The standard InChI is InChI=1S/C14H26N4/c1-5-8-15-12(4)14(6-7-14)9-13-16-10-17-18(13)11(2)3/h10-12,15H,5-9H2,1-4H3. The predicted octanol–water partition coefficient (Wildman–Crippen LogP) is 2.57. The highest BCUT2D eigenvalue weighted by Gasteiger charge is 2.47. The van der Waals surface area contributed by atoms with Gasteiger partial charge >= 0.3 is 0 Å². The van der Waals surface area contributed by atoms with E-state index >= 15 is 0 Å². The Balaban J connectivity index is 2.02. The van der Waals surface area contributed by atoms with E-state index in [-0.39, 0.29) is 0 Å². The Morgan fingerprint density at radius 1 is 1.39 bits per heavy atom. The molecule has 0 aromatic carbocycles. The molecule has 0 radical (unpaired) electrons. The summed E-state index contributed by atoms with van der Waals surface area (Å²) in [5.74, 6) is 1.15. The molecule has 4 nitrogen and oxygen atoms in total. The number of hydrogen-bond acceptors (Lipinski definition) is 3. The molecule has 1 aliphatic carbocycles. The first-order valence-electron chi connectivity index (χ1n) is 7.21. The first-order chi connectivity index (χ1) is 8.59. The van der Waals surface area contributed by atoms with Gasteiger partial charge in [-0.1, -0.05) is 6.92 Å². The Bertz CT molecular complexity index is 379. The monoisotopic (exact) mass is 250 g/mol. The van der Waals surface area contributed by atoms with E-state index in [9.17, 15) is 0 Å². The van der Waals surface area contributed by atoms with Crippen LogP contribution in [0.1, 0.15) is 58.8 Å². The molecule has 2 rings (SSSR count). The average molecular weight is 250 g/mol. The zero-order valence-corrected chi connectivity index (χ0v) is 12.1. The van der Waals surface area contributed by atoms with Gasteiger partial charge in [-0.2, -0.15) is 5.10 Å². The Hall–Kier alpha value is -0.900. The van der Waals surface area contributed by atoms with Crippen LogP contribution in [-0.4, -0.2) is 27.4 Å². The van der Waals surface area contributed by atoms with Crippen LogP contribution in [0.2, 0.25) is 0 Å². The third-order valence-corrected chi connectivity index (χ3v) is 4.16. The maximum atomic E-state index is 4.45. The SMILES string of the molecule is CCCNC(C)C1(Cc2ncnn2C(C)C)CC1. The Labute approximate surface area is 110 Å². The Morgan fingerprint density at radius 2 is 2.11 bits per heavy atom. The predicted molar refractivity (Wildman–Crippen MR) is 73.5 cm³/mol. The Morgan fingerprint density at radius 3 is 2.67 bits per heavy atom. The van der Waals surface area contributed by atoms with Crippen molar-refractivity contribution in [2.75, 3.05) is 6.54 Å². The molecular weight excluding hydrogens is 224 g/mol. The number of hydrogen-bond donors (Lipinski definition) is 1. The van der Waals surface area contributed by atoms with Gasteiger partial charge in [-0.3, -0.25) is 0 Å². The van der Waals surface area contributed by atoms with Crippen LogP contribution in [0.4, 0.5) is 0 Å². The van der Waals surface area contributed by atoms with Crippen molar-refractivity contribution in [1.29, 1.82) is 0 Å². The zero-order chi connectivity index (χ0) is 13.2. The van der Waals surface area contributed by atoms with Crippen molar-refractivity contribution in [2.24, 2.45) is 5.41 Å². The summed E-state index contributed by atoms with van der Waals surface area (Å²) in [6, 6.07) is 0.979. The summed E-state index contributed by atoms with van der Waals surface area (Å²) >= 11 is 0. The van der Waals surface area contributed by atoms with Gasteiger partial charge in [0.05, 0.1) is 0 Å². The molecule has 102 valence electrons. The molecule has 1 aliphatic rings. The van der Waals surface area contributed by atoms with E-state index < -0.39 is 0 Å². The molecule has 1 aromatic heterocycles. The van der Waals surface area contributed by atoms with Crippen molar-refractivity contribution in [3.63, 3.8) is 0 Å². The van der Waals surface area contributed by atoms with Crippen LogP contribution in [0.3, 0.4) is 0 Å². The van der Waals surface area contributed by atoms with Gasteiger partial charge in [0.2, 0.25) is 0 Å². The van der Waals surface area contributed by atoms with E-state index in [0.29, 0.717) is 17.5 Å². The van der Waals surface area contributed by atoms with Gasteiger partial charge in [0.1, 0.15) is 12.2 Å². The van der Waals surface area contributed by atoms with Crippen molar-refractivity contribution in [1.82, 2.24) is 20.1 Å². The van der Waals surface area contributed by atoms with Crippen molar-refractivity contribution < 1.29 is 0 Å². The summed E-state index contributed by atoms with van der Waals surface area (Å²) < 4.78 is 2.06. The Kier molecular flexibility index (Phi) is 4.05. The van der Waals surface area contributed by atoms with Crippen LogP contribution in [0.5, 0.6) is 0 Å². The minimum absolute atomic E-state index is 0.400. The van der Waals surface area contributed by atoms with E-state index in [1.54, 1.807) is 6.33 Å². The van der Waals surface area contributed by atoms with E-state index in [2.05, 4.69) is 47.8 Å². The maximum Gasteiger partial charge on any atom is 0.138 e. The molecule has 0 spiro atoms. The molecule has 0 saturated heterocycles. The fourth-order valence-corrected chi connectivity index (χ4v) is 2.65. The average Bonchev–Trinajstić information content (AvgIpc) is 2.96. The fourth-order valence-electron chi connectivity index (χ4n) is 2.65. The van der Waals surface area contributed by atoms with E-state index in [0.717, 1.165) is 18.8 Å². The van der Waals surface area contributed by atoms with Gasteiger partial charge in [0.25, 0.3) is 0 Å². The van der Waals surface area contributed by atoms with Crippen molar-refractivity contribution in [3.05, 3.63) is 12.2 Å². The van der Waals surface area contributed by atoms with Crippen LogP contribution < -0.4 is 5.32 Å². The molecule has 1 N–H and O–H groups in total. The van der Waals surface area contributed by atoms with E-state index in [1.807, 2.05) is 0 Å². The molecule has 4 heteroatoms. The largest absolute Gasteiger partial charge is 0.314 e. The molecule has 1 unspecified atom stereocenters. The second kappa shape index (κ2) is 5.39. The lowest BCUT2D eigenvalue weighted by Crippen LogP contribution is -2.37. The minimum Gasteiger partial charge on any atom is -0.314 e. The molecule has 1 saturated carbocycles. The fraction of sp³-hybridized carbons (Fsp3) is 0.857.